The summed E-state index contributed by atoms with van der Waals surface area (Å²) in [6.45, 7) is 0. The quantitative estimate of drug-likeness (QED) is 0.0592. The Morgan fingerprint density at radius 1 is 0.291 bits per heavy atom. The van der Waals surface area contributed by atoms with Crippen molar-refractivity contribution in [1.82, 2.24) is 0 Å². The fourth-order valence-electron chi connectivity index (χ4n) is 9.40. The number of halogens is 24. The van der Waals surface area contributed by atoms with Gasteiger partial charge in [-0.15, -0.1) is 0 Å². The number of rotatable bonds is 10. The van der Waals surface area contributed by atoms with Gasteiger partial charge in [0.25, 0.3) is 0 Å². The van der Waals surface area contributed by atoms with Gasteiger partial charge in [0.05, 0.1) is 44.5 Å². The third-order valence-corrected chi connectivity index (χ3v) is 16.1. The maximum absolute atomic E-state index is 14.2. The highest BCUT2D eigenvalue weighted by molar-refractivity contribution is 8.03. The molecule has 0 aliphatic carbocycles. The Labute approximate surface area is 471 Å². The van der Waals surface area contributed by atoms with Crippen molar-refractivity contribution in [3.63, 3.8) is 0 Å². The van der Waals surface area contributed by atoms with E-state index < -0.39 is 205 Å². The van der Waals surface area contributed by atoms with E-state index in [1.807, 2.05) is 115 Å². The highest BCUT2D eigenvalue weighted by atomic mass is 32.2. The molecule has 0 spiro atoms. The molecule has 0 N–H and O–H groups in total. The Morgan fingerprint density at radius 2 is 0.500 bits per heavy atom. The predicted molar refractivity (Wildman–Crippen MR) is 269 cm³/mol. The number of alkyl halides is 24. The molecule has 0 radical (unpaired) electrons. The zero-order valence-corrected chi connectivity index (χ0v) is 43.3. The normalized spacial score (nSPS) is 13.3. The van der Waals surface area contributed by atoms with E-state index in [1.54, 1.807) is 0 Å². The van der Waals surface area contributed by atoms with Crippen molar-refractivity contribution in [3.05, 3.63) is 238 Å². The van der Waals surface area contributed by atoms with E-state index in [0.29, 0.717) is 15.4 Å². The SMILES string of the molecule is FC(F)(F)c1cc([B-](c2cc(C(F)(F)F)cc(C(F)(F)F)c2)(c2cc(C(F)(F)F)cc(C(F)(F)F)c2)c2cc(C(F)(F)F)cc(C(F)(F)F)c2)cc(C(F)(F)F)c1.O=C(C[S+](=O)(c1ccccc1)c1ccccc1)c1ccc(-c2ccccc2)cc1. The van der Waals surface area contributed by atoms with Crippen molar-refractivity contribution in [1.29, 1.82) is 0 Å². The number of hydrogen-bond donors (Lipinski definition) is 0. The standard InChI is InChI=1S/C32H12BF24.C26H21O2S/c34-25(35,36)13-1-14(26(37,38)39)6-21(5-13)33(22-7-15(27(40,41)42)2-16(8-22)28(43,44)45,23-9-17(29(46,47)48)3-18(10-23)30(49,50)51)24-11-19(31(52,53)54)4-20(12-24)32(55,56)57;27-26(23-18-16-22(17-19-23)21-10-4-1-5-11-21)20-29(28,24-12-6-2-7-13-24)25-14-8-3-9-15-25/h1-12H;1-19H,20H2/q-1;+1. The van der Waals surface area contributed by atoms with Gasteiger partial charge < -0.3 is 0 Å². The first-order valence-electron chi connectivity index (χ1n) is 24.1. The summed E-state index contributed by atoms with van der Waals surface area (Å²) >= 11 is 0. The first-order chi connectivity index (χ1) is 39.4. The molecule has 0 saturated carbocycles. The molecule has 8 rings (SSSR count). The van der Waals surface area contributed by atoms with E-state index in [2.05, 4.69) is 0 Å². The molecule has 0 heterocycles. The summed E-state index contributed by atoms with van der Waals surface area (Å²) < 4.78 is 355. The second kappa shape index (κ2) is 23.3. The third-order valence-electron chi connectivity index (χ3n) is 13.3. The monoisotopic (exact) mass is 1260 g/mol. The van der Waals surface area contributed by atoms with E-state index in [4.69, 9.17) is 0 Å². The average Bonchev–Trinajstić information content (AvgIpc) is 0.815. The fourth-order valence-corrected chi connectivity index (χ4v) is 11.7. The number of hydrogen-bond acceptors (Lipinski definition) is 2. The molecule has 86 heavy (non-hydrogen) atoms. The molecule has 28 heteroatoms. The lowest BCUT2D eigenvalue weighted by atomic mass is 9.12. The van der Waals surface area contributed by atoms with Gasteiger partial charge in [0.2, 0.25) is 5.78 Å². The molecule has 0 unspecified atom stereocenters. The van der Waals surface area contributed by atoms with Crippen LogP contribution in [-0.2, 0) is 63.6 Å². The van der Waals surface area contributed by atoms with Gasteiger partial charge in [-0.1, -0.05) is 144 Å². The van der Waals surface area contributed by atoms with Gasteiger partial charge in [-0.3, -0.25) is 4.79 Å². The molecule has 0 amide bonds. The van der Waals surface area contributed by atoms with Crippen molar-refractivity contribution < 1.29 is 114 Å². The number of benzene rings is 8. The highest BCUT2D eigenvalue weighted by Gasteiger charge is 2.47. The van der Waals surface area contributed by atoms with Gasteiger partial charge in [0.15, 0.2) is 25.5 Å². The Balaban J connectivity index is 0.000000302. The van der Waals surface area contributed by atoms with E-state index in [-0.39, 0.29) is 11.5 Å². The number of carbonyl (C=O) groups excluding carboxylic acids is 1. The molecule has 8 aromatic carbocycles. The maximum atomic E-state index is 14.2. The van der Waals surface area contributed by atoms with Crippen LogP contribution in [0.2, 0.25) is 0 Å². The van der Waals surface area contributed by atoms with Crippen molar-refractivity contribution >= 4 is 43.7 Å². The van der Waals surface area contributed by atoms with Gasteiger partial charge in [0.1, 0.15) is 6.15 Å². The van der Waals surface area contributed by atoms with Crippen LogP contribution in [0.1, 0.15) is 54.9 Å². The van der Waals surface area contributed by atoms with E-state index in [1.165, 1.54) is 0 Å². The van der Waals surface area contributed by atoms with Gasteiger partial charge in [-0.2, -0.15) is 127 Å². The van der Waals surface area contributed by atoms with Crippen LogP contribution in [0.5, 0.6) is 0 Å². The Hall–Kier alpha value is -8.04. The second-order valence-corrected chi connectivity index (χ2v) is 21.6. The fraction of sp³-hybridized carbons (Fsp3) is 0.155. The summed E-state index contributed by atoms with van der Waals surface area (Å²) in [4.78, 5) is 14.4. The average molecular weight is 1260 g/mol. The molecule has 0 saturated heterocycles. The Morgan fingerprint density at radius 3 is 0.721 bits per heavy atom. The third kappa shape index (κ3) is 14.6. The zero-order chi connectivity index (χ0) is 64.0. The summed E-state index contributed by atoms with van der Waals surface area (Å²) in [5.41, 5.74) is -27.5. The Bertz CT molecular complexity index is 3290. The summed E-state index contributed by atoms with van der Waals surface area (Å²) in [5, 5.41) is 0. The molecule has 0 bridgehead atoms. The van der Waals surface area contributed by atoms with Crippen molar-refractivity contribution in [2.75, 3.05) is 5.75 Å². The molecular weight excluding hydrogens is 1230 g/mol. The van der Waals surface area contributed by atoms with Crippen LogP contribution in [0.3, 0.4) is 0 Å². The summed E-state index contributed by atoms with van der Waals surface area (Å²) in [6.07, 6.45) is -54.8. The van der Waals surface area contributed by atoms with Gasteiger partial charge in [0, 0.05) is 5.56 Å². The minimum atomic E-state index is -6.13. The van der Waals surface area contributed by atoms with E-state index in [0.717, 1.165) is 11.1 Å². The Kier molecular flexibility index (Phi) is 17.8. The summed E-state index contributed by atoms with van der Waals surface area (Å²) in [5.74, 6) is -0.173. The first-order valence-corrected chi connectivity index (χ1v) is 25.8. The van der Waals surface area contributed by atoms with Crippen LogP contribution in [0.25, 0.3) is 11.1 Å². The van der Waals surface area contributed by atoms with E-state index in [9.17, 15) is 114 Å². The first kappa shape index (κ1) is 65.5. The number of Topliss-reactive ketones (excluding diaryl/α,β-unsaturated/α-hetero) is 1. The number of ketones is 1. The van der Waals surface area contributed by atoms with Crippen molar-refractivity contribution in [3.8, 4) is 11.1 Å². The molecule has 8 aromatic rings. The second-order valence-electron chi connectivity index (χ2n) is 19.0. The predicted octanol–water partition coefficient (Wildman–Crippen LogP) is 17.4. The molecule has 0 aromatic heterocycles. The van der Waals surface area contributed by atoms with Crippen LogP contribution < -0.4 is 21.9 Å². The lowest BCUT2D eigenvalue weighted by Crippen LogP contribution is -2.75. The van der Waals surface area contributed by atoms with Crippen LogP contribution in [0, 0.1) is 0 Å². The van der Waals surface area contributed by atoms with Crippen LogP contribution >= 0.6 is 0 Å². The maximum Gasteiger partial charge on any atom is 0.416 e. The minimum Gasteiger partial charge on any atom is -0.289 e. The molecule has 454 valence electrons. The zero-order valence-electron chi connectivity index (χ0n) is 42.5. The van der Waals surface area contributed by atoms with Gasteiger partial charge in [-0.05, 0) is 59.7 Å². The van der Waals surface area contributed by atoms with Gasteiger partial charge >= 0.3 is 49.4 Å². The van der Waals surface area contributed by atoms with Crippen LogP contribution in [0.4, 0.5) is 105 Å². The highest BCUT2D eigenvalue weighted by Crippen LogP contribution is 2.42. The van der Waals surface area contributed by atoms with Crippen molar-refractivity contribution in [2.45, 2.75) is 59.2 Å². The molecule has 0 atom stereocenters. The van der Waals surface area contributed by atoms with Crippen LogP contribution in [-0.4, -0.2) is 17.7 Å². The lowest BCUT2D eigenvalue weighted by Gasteiger charge is -2.46. The lowest BCUT2D eigenvalue weighted by molar-refractivity contribution is -0.144. The minimum absolute atomic E-state index is 0.0499. The smallest absolute Gasteiger partial charge is 0.289 e. The van der Waals surface area contributed by atoms with Crippen molar-refractivity contribution in [2.24, 2.45) is 0 Å². The molecular formula is C58H33BF24O2S. The largest absolute Gasteiger partial charge is 0.416 e. The summed E-state index contributed by atoms with van der Waals surface area (Å²) in [6, 6.07) is 27.3. The molecule has 2 nitrogen and oxygen atoms in total. The molecule has 0 aliphatic rings. The van der Waals surface area contributed by atoms with Gasteiger partial charge in [-0.25, -0.2) is 0 Å². The molecule has 0 aliphatic heterocycles. The van der Waals surface area contributed by atoms with E-state index >= 15 is 0 Å². The molecule has 0 fully saturated rings. The van der Waals surface area contributed by atoms with Crippen LogP contribution in [0.15, 0.2) is 198 Å². The summed E-state index contributed by atoms with van der Waals surface area (Å²) in [7, 11) is -2.71. The topological polar surface area (TPSA) is 34.1 Å². The number of carbonyl (C=O) groups is 1.